The molecule has 0 spiro atoms. The van der Waals surface area contributed by atoms with E-state index in [0.29, 0.717) is 54.3 Å². The monoisotopic (exact) mass is 688 g/mol. The van der Waals surface area contributed by atoms with Crippen LogP contribution in [0, 0.1) is 0 Å². The van der Waals surface area contributed by atoms with Gasteiger partial charge in [-0.2, -0.15) is 5.10 Å². The highest BCUT2D eigenvalue weighted by atomic mass is 35.5. The van der Waals surface area contributed by atoms with Crippen LogP contribution in [0.5, 0.6) is 11.6 Å². The second-order valence-electron chi connectivity index (χ2n) is 12.5. The Kier molecular flexibility index (Phi) is 10.3. The lowest BCUT2D eigenvalue weighted by Gasteiger charge is -2.38. The van der Waals surface area contributed by atoms with E-state index in [4.69, 9.17) is 30.9 Å². The van der Waals surface area contributed by atoms with Gasteiger partial charge in [0.1, 0.15) is 23.9 Å². The number of anilines is 2. The number of nitrogens with one attached hydrogen (secondary N) is 1. The number of rotatable bonds is 13. The molecule has 4 aromatic heterocycles. The maximum absolute atomic E-state index is 6.47. The number of tetrazole rings is 1. The normalized spacial score (nSPS) is 19.1. The molecule has 0 bridgehead atoms. The van der Waals surface area contributed by atoms with Crippen molar-refractivity contribution in [1.29, 1.82) is 0 Å². The van der Waals surface area contributed by atoms with Crippen molar-refractivity contribution < 1.29 is 14.2 Å². The largest absolute Gasteiger partial charge is 0.487 e. The van der Waals surface area contributed by atoms with Gasteiger partial charge in [-0.1, -0.05) is 17.7 Å². The molecule has 1 saturated heterocycles. The van der Waals surface area contributed by atoms with Crippen LogP contribution in [0.4, 0.5) is 11.6 Å². The molecule has 16 heteroatoms. The summed E-state index contributed by atoms with van der Waals surface area (Å²) < 4.78 is 23.4. The zero-order valence-electron chi connectivity index (χ0n) is 27.7. The number of aromatic nitrogens is 10. The lowest BCUT2D eigenvalue weighted by atomic mass is 9.90. The maximum atomic E-state index is 6.47. The predicted octanol–water partition coefficient (Wildman–Crippen LogP) is 4.36. The minimum Gasteiger partial charge on any atom is -0.487 e. The third kappa shape index (κ3) is 8.35. The zero-order valence-corrected chi connectivity index (χ0v) is 28.5. The maximum Gasteiger partial charge on any atom is 0.256 e. The van der Waals surface area contributed by atoms with E-state index in [1.807, 2.05) is 44.6 Å². The van der Waals surface area contributed by atoms with Gasteiger partial charge in [0.25, 0.3) is 5.88 Å². The molecule has 1 saturated carbocycles. The highest BCUT2D eigenvalue weighted by molar-refractivity contribution is 6.32. The lowest BCUT2D eigenvalue weighted by molar-refractivity contribution is 0.00503. The highest BCUT2D eigenvalue weighted by Gasteiger charge is 2.29. The molecular weight excluding hydrogens is 648 g/mol. The number of hydrogen-bond acceptors (Lipinski definition) is 12. The fourth-order valence-electron chi connectivity index (χ4n) is 6.45. The average Bonchev–Trinajstić information content (AvgIpc) is 3.89. The van der Waals surface area contributed by atoms with Crippen LogP contribution in [0.1, 0.15) is 44.3 Å². The Labute approximate surface area is 289 Å². The van der Waals surface area contributed by atoms with E-state index in [1.165, 1.54) is 0 Å². The van der Waals surface area contributed by atoms with E-state index in [-0.39, 0.29) is 6.10 Å². The Bertz CT molecular complexity index is 1780. The fourth-order valence-corrected chi connectivity index (χ4v) is 6.61. The van der Waals surface area contributed by atoms with Crippen LogP contribution in [0.15, 0.2) is 55.4 Å². The van der Waals surface area contributed by atoms with Gasteiger partial charge in [0, 0.05) is 56.8 Å². The molecular formula is C33H41ClN12O3. The van der Waals surface area contributed by atoms with E-state index in [2.05, 4.69) is 45.5 Å². The molecule has 258 valence electrons. The van der Waals surface area contributed by atoms with Gasteiger partial charge < -0.3 is 19.5 Å². The smallest absolute Gasteiger partial charge is 0.256 e. The zero-order chi connectivity index (χ0) is 33.6. The summed E-state index contributed by atoms with van der Waals surface area (Å²) in [6.07, 6.45) is 13.9. The van der Waals surface area contributed by atoms with Crippen LogP contribution in [-0.4, -0.2) is 99.7 Å². The molecule has 1 unspecified atom stereocenters. The predicted molar refractivity (Wildman–Crippen MR) is 182 cm³/mol. The summed E-state index contributed by atoms with van der Waals surface area (Å²) in [6, 6.07) is 8.51. The van der Waals surface area contributed by atoms with Crippen LogP contribution in [0.2, 0.25) is 5.02 Å². The van der Waals surface area contributed by atoms with Gasteiger partial charge in [-0.15, -0.1) is 10.2 Å². The molecule has 1 atom stereocenters. The second kappa shape index (κ2) is 15.3. The summed E-state index contributed by atoms with van der Waals surface area (Å²) in [4.78, 5) is 11.8. The Hall–Kier alpha value is -4.60. The van der Waals surface area contributed by atoms with Crippen LogP contribution in [0.3, 0.4) is 0 Å². The van der Waals surface area contributed by atoms with Crippen LogP contribution in [-0.2, 0) is 24.8 Å². The molecule has 7 rings (SSSR count). The topological polar surface area (TPSA) is 148 Å². The van der Waals surface area contributed by atoms with Gasteiger partial charge in [0.05, 0.1) is 49.3 Å². The summed E-state index contributed by atoms with van der Waals surface area (Å²) >= 11 is 6.47. The van der Waals surface area contributed by atoms with Crippen molar-refractivity contribution in [2.45, 2.75) is 63.8 Å². The molecule has 1 aliphatic heterocycles. The lowest BCUT2D eigenvalue weighted by Crippen LogP contribution is -2.45. The number of halogens is 1. The van der Waals surface area contributed by atoms with Crippen molar-refractivity contribution in [3.8, 4) is 22.8 Å². The summed E-state index contributed by atoms with van der Waals surface area (Å²) in [5.74, 6) is 1.52. The van der Waals surface area contributed by atoms with E-state index >= 15 is 0 Å². The molecule has 5 aromatic rings. The Morgan fingerprint density at radius 2 is 1.82 bits per heavy atom. The summed E-state index contributed by atoms with van der Waals surface area (Å²) in [6.45, 7) is 6.56. The van der Waals surface area contributed by atoms with Gasteiger partial charge in [0.2, 0.25) is 5.95 Å². The van der Waals surface area contributed by atoms with E-state index in [1.54, 1.807) is 34.2 Å². The number of morpholine rings is 1. The van der Waals surface area contributed by atoms with Gasteiger partial charge >= 0.3 is 0 Å². The number of hydrogen-bond donors (Lipinski definition) is 1. The van der Waals surface area contributed by atoms with Crippen LogP contribution in [0.25, 0.3) is 11.1 Å². The molecule has 2 aliphatic rings. The van der Waals surface area contributed by atoms with E-state index in [9.17, 15) is 0 Å². The van der Waals surface area contributed by atoms with Gasteiger partial charge in [-0.05, 0) is 66.8 Å². The number of nitrogens with zero attached hydrogens (tertiary/aromatic N) is 11. The third-order valence-electron chi connectivity index (χ3n) is 8.99. The minimum atomic E-state index is -0.208. The molecule has 0 amide bonds. The standard InChI is InChI=1S/C33H41ClN12O3/c1-23(20-45-22-37-41-42-45)49-31-17-24(3-8-29(31)34)25-18-35-33(36-19-25)38-30-21-46(40-32(30)48-14-10-26-9-11-43(2)39-26)28-6-4-27(5-7-28)44-12-15-47-16-13-44/h3,8-9,11,17-19,21-23,27-28H,4-7,10,12-16,20H2,1-2H3,(H,35,36,38). The first-order valence-corrected chi connectivity index (χ1v) is 17.1. The Morgan fingerprint density at radius 3 is 2.55 bits per heavy atom. The van der Waals surface area contributed by atoms with Gasteiger partial charge in [-0.3, -0.25) is 14.3 Å². The first-order valence-electron chi connectivity index (χ1n) is 16.8. The van der Waals surface area contributed by atoms with Gasteiger partial charge in [0.15, 0.2) is 0 Å². The van der Waals surface area contributed by atoms with Crippen molar-refractivity contribution in [1.82, 2.24) is 54.6 Å². The first kappa shape index (κ1) is 32.9. The van der Waals surface area contributed by atoms with E-state index < -0.39 is 0 Å². The van der Waals surface area contributed by atoms with Crippen molar-refractivity contribution in [2.75, 3.05) is 38.2 Å². The SMILES string of the molecule is CC(Cn1cnnn1)Oc1cc(-c2cnc(Nc3cn(C4CCC(N5CCOCC5)CC4)nc3OCCc3ccn(C)n3)nc2)ccc1Cl. The van der Waals surface area contributed by atoms with Crippen LogP contribution >= 0.6 is 11.6 Å². The molecule has 2 fully saturated rings. The summed E-state index contributed by atoms with van der Waals surface area (Å²) in [7, 11) is 1.91. The average molecular weight is 689 g/mol. The molecule has 1 aliphatic carbocycles. The molecule has 49 heavy (non-hydrogen) atoms. The molecule has 5 heterocycles. The molecule has 1 aromatic carbocycles. The number of aryl methyl sites for hydroxylation is 1. The second-order valence-corrected chi connectivity index (χ2v) is 13.0. The number of ether oxygens (including phenoxy) is 3. The first-order chi connectivity index (χ1) is 24.0. The van der Waals surface area contributed by atoms with Gasteiger partial charge in [-0.25, -0.2) is 14.6 Å². The Morgan fingerprint density at radius 1 is 1.02 bits per heavy atom. The van der Waals surface area contributed by atoms with Crippen molar-refractivity contribution in [2.24, 2.45) is 7.05 Å². The van der Waals surface area contributed by atoms with Crippen molar-refractivity contribution >= 4 is 23.2 Å². The Balaban J connectivity index is 1.03. The number of benzene rings is 1. The quantitative estimate of drug-likeness (QED) is 0.187. The fraction of sp³-hybridized carbons (Fsp3) is 0.485. The minimum absolute atomic E-state index is 0.208. The third-order valence-corrected chi connectivity index (χ3v) is 9.31. The highest BCUT2D eigenvalue weighted by Crippen LogP contribution is 2.35. The van der Waals surface area contributed by atoms with E-state index in [0.717, 1.165) is 74.5 Å². The summed E-state index contributed by atoms with van der Waals surface area (Å²) in [5.41, 5.74) is 3.39. The van der Waals surface area contributed by atoms with Crippen molar-refractivity contribution in [3.05, 3.63) is 66.1 Å². The molecule has 0 radical (unpaired) electrons. The summed E-state index contributed by atoms with van der Waals surface area (Å²) in [5, 5.41) is 24.5. The van der Waals surface area contributed by atoms with Crippen LogP contribution < -0.4 is 14.8 Å². The molecule has 1 N–H and O–H groups in total. The van der Waals surface area contributed by atoms with Crippen molar-refractivity contribution in [3.63, 3.8) is 0 Å². The molecule has 15 nitrogen and oxygen atoms in total.